The minimum Gasteiger partial charge on any atom is -0.367 e. The Morgan fingerprint density at radius 2 is 1.64 bits per heavy atom. The minimum absolute atomic E-state index is 0.0206. The van der Waals surface area contributed by atoms with Gasteiger partial charge in [-0.05, 0) is 42.7 Å². The van der Waals surface area contributed by atoms with Crippen LogP contribution in [0.4, 0.5) is 10.5 Å². The maximum absolute atomic E-state index is 13.1. The number of hydrogen-bond donors (Lipinski definition) is 1. The van der Waals surface area contributed by atoms with Crippen molar-refractivity contribution in [3.8, 4) is 0 Å². The van der Waals surface area contributed by atoms with E-state index < -0.39 is 23.8 Å². The summed E-state index contributed by atoms with van der Waals surface area (Å²) in [6.07, 6.45) is 2.16. The Morgan fingerprint density at radius 3 is 2.36 bits per heavy atom. The van der Waals surface area contributed by atoms with E-state index in [1.165, 1.54) is 0 Å². The Hall–Kier alpha value is -3.14. The van der Waals surface area contributed by atoms with E-state index in [4.69, 9.17) is 23.2 Å². The van der Waals surface area contributed by atoms with Crippen molar-refractivity contribution in [1.29, 1.82) is 0 Å². The molecule has 2 atom stereocenters. The molecule has 6 rings (SSSR count). The number of fused-ring (bicyclic) bond motifs is 3. The summed E-state index contributed by atoms with van der Waals surface area (Å²) in [5.74, 6) is -1.54. The number of halogens is 2. The second kappa shape index (κ2) is 8.76. The maximum Gasteiger partial charge on any atom is 0.343 e. The molecule has 9 nitrogen and oxygen atoms in total. The predicted molar refractivity (Wildman–Crippen MR) is 133 cm³/mol. The average Bonchev–Trinajstić information content (AvgIpc) is 3.22. The molecule has 1 N–H and O–H groups in total. The third kappa shape index (κ3) is 3.73. The molecule has 0 aromatic heterocycles. The van der Waals surface area contributed by atoms with E-state index in [9.17, 15) is 19.2 Å². The molecule has 0 radical (unpaired) electrons. The second-order valence-electron chi connectivity index (χ2n) is 9.56. The van der Waals surface area contributed by atoms with Gasteiger partial charge in [-0.25, -0.2) is 9.80 Å². The number of nitrogens with zero attached hydrogens (tertiary/aromatic N) is 4. The first-order valence-electron chi connectivity index (χ1n) is 11.9. The van der Waals surface area contributed by atoms with Crippen LogP contribution in [-0.2, 0) is 11.3 Å². The third-order valence-corrected chi connectivity index (χ3v) is 8.28. The molecule has 0 spiro atoms. The number of imide groups is 2. The fraction of sp³-hybridized carbons (Fsp3) is 0.360. The van der Waals surface area contributed by atoms with Gasteiger partial charge in [-0.15, -0.1) is 0 Å². The van der Waals surface area contributed by atoms with E-state index in [1.54, 1.807) is 18.2 Å². The Morgan fingerprint density at radius 1 is 0.917 bits per heavy atom. The minimum atomic E-state index is -0.768. The van der Waals surface area contributed by atoms with Gasteiger partial charge in [-0.1, -0.05) is 35.3 Å². The zero-order valence-corrected chi connectivity index (χ0v) is 20.8. The number of urea groups is 1. The summed E-state index contributed by atoms with van der Waals surface area (Å²) in [4.78, 5) is 54.5. The lowest BCUT2D eigenvalue weighted by atomic mass is 10.0. The summed E-state index contributed by atoms with van der Waals surface area (Å²) in [5, 5.41) is 5.12. The van der Waals surface area contributed by atoms with E-state index >= 15 is 0 Å². The SMILES string of the molecule is O=C1CCN(N2C(=O)c3ccc(CN4C5CCC4CN(c4cccc(Cl)c4Cl)C5)cc3C2=O)C(=O)N1. The molecular formula is C25H23Cl2N5O4. The summed E-state index contributed by atoms with van der Waals surface area (Å²) in [6.45, 7) is 2.29. The van der Waals surface area contributed by atoms with E-state index in [-0.39, 0.29) is 24.1 Å². The van der Waals surface area contributed by atoms with Gasteiger partial charge in [0.2, 0.25) is 5.91 Å². The number of benzene rings is 2. The van der Waals surface area contributed by atoms with Crippen LogP contribution in [0.5, 0.6) is 0 Å². The van der Waals surface area contributed by atoms with E-state index in [1.807, 2.05) is 18.2 Å². The monoisotopic (exact) mass is 527 g/mol. The number of carbonyl (C=O) groups excluding carboxylic acids is 4. The number of carbonyl (C=O) groups is 4. The van der Waals surface area contributed by atoms with Crippen molar-refractivity contribution in [2.45, 2.75) is 37.9 Å². The highest BCUT2D eigenvalue weighted by molar-refractivity contribution is 6.43. The van der Waals surface area contributed by atoms with Gasteiger partial charge < -0.3 is 4.90 Å². The van der Waals surface area contributed by atoms with Gasteiger partial charge >= 0.3 is 6.03 Å². The first-order chi connectivity index (χ1) is 17.3. The van der Waals surface area contributed by atoms with Gasteiger partial charge in [0.15, 0.2) is 0 Å². The highest BCUT2D eigenvalue weighted by Crippen LogP contribution is 2.39. The Bertz CT molecular complexity index is 1300. The molecule has 3 saturated heterocycles. The number of amides is 5. The quantitative estimate of drug-likeness (QED) is 0.613. The summed E-state index contributed by atoms with van der Waals surface area (Å²) in [5.41, 5.74) is 2.42. The van der Waals surface area contributed by atoms with Crippen molar-refractivity contribution in [2.24, 2.45) is 0 Å². The summed E-state index contributed by atoms with van der Waals surface area (Å²) in [6, 6.07) is 10.9. The summed E-state index contributed by atoms with van der Waals surface area (Å²) < 4.78 is 0. The molecule has 11 heteroatoms. The van der Waals surface area contributed by atoms with Crippen molar-refractivity contribution in [2.75, 3.05) is 24.5 Å². The zero-order chi connectivity index (χ0) is 25.1. The molecule has 2 bridgehead atoms. The number of hydrogen-bond acceptors (Lipinski definition) is 6. The maximum atomic E-state index is 13.1. The Kier molecular flexibility index (Phi) is 5.66. The average molecular weight is 528 g/mol. The fourth-order valence-electron chi connectivity index (χ4n) is 5.73. The highest BCUT2D eigenvalue weighted by Gasteiger charge is 2.44. The molecular weight excluding hydrogens is 505 g/mol. The molecule has 2 aromatic carbocycles. The first kappa shape index (κ1) is 23.3. The normalized spacial score (nSPS) is 24.0. The van der Waals surface area contributed by atoms with Gasteiger partial charge in [-0.3, -0.25) is 24.6 Å². The number of anilines is 1. The van der Waals surface area contributed by atoms with Crippen LogP contribution >= 0.6 is 23.2 Å². The second-order valence-corrected chi connectivity index (χ2v) is 10.3. The van der Waals surface area contributed by atoms with Crippen LogP contribution in [0.2, 0.25) is 10.0 Å². The van der Waals surface area contributed by atoms with Crippen LogP contribution in [-0.4, -0.2) is 70.4 Å². The molecule has 4 aliphatic heterocycles. The van der Waals surface area contributed by atoms with Crippen LogP contribution in [0.25, 0.3) is 0 Å². The first-order valence-corrected chi connectivity index (χ1v) is 12.6. The topological polar surface area (TPSA) is 93.3 Å². The lowest BCUT2D eigenvalue weighted by Crippen LogP contribution is -2.58. The molecule has 0 aliphatic carbocycles. The molecule has 0 saturated carbocycles. The largest absolute Gasteiger partial charge is 0.367 e. The van der Waals surface area contributed by atoms with Gasteiger partial charge in [0.1, 0.15) is 0 Å². The third-order valence-electron chi connectivity index (χ3n) is 7.47. The lowest BCUT2D eigenvalue weighted by Gasteiger charge is -2.42. The molecule has 4 aliphatic rings. The van der Waals surface area contributed by atoms with Crippen molar-refractivity contribution >= 4 is 52.6 Å². The predicted octanol–water partition coefficient (Wildman–Crippen LogP) is 3.30. The summed E-state index contributed by atoms with van der Waals surface area (Å²) in [7, 11) is 0. The number of piperazine rings is 1. The Labute approximate surface area is 217 Å². The van der Waals surface area contributed by atoms with Crippen molar-refractivity contribution < 1.29 is 19.2 Å². The molecule has 3 fully saturated rings. The number of rotatable bonds is 4. The van der Waals surface area contributed by atoms with Gasteiger partial charge in [0.05, 0.1) is 33.4 Å². The fourth-order valence-corrected chi connectivity index (χ4v) is 6.15. The van der Waals surface area contributed by atoms with E-state index in [2.05, 4.69) is 15.1 Å². The number of nitrogens with one attached hydrogen (secondary N) is 1. The molecule has 186 valence electrons. The van der Waals surface area contributed by atoms with Gasteiger partial charge in [-0.2, -0.15) is 5.01 Å². The van der Waals surface area contributed by atoms with Crippen LogP contribution in [0, 0.1) is 0 Å². The standard InChI is InChI=1S/C25H23Cl2N5O4/c26-19-2-1-3-20(22(19)27)29-12-15-5-6-16(13-29)30(15)11-14-4-7-17-18(10-14)24(35)32(23(17)34)31-9-8-21(33)28-25(31)36/h1-4,7,10,15-16H,5-6,8-9,11-13H2,(H,28,33,36). The van der Waals surface area contributed by atoms with Crippen molar-refractivity contribution in [3.05, 3.63) is 63.1 Å². The highest BCUT2D eigenvalue weighted by atomic mass is 35.5. The van der Waals surface area contributed by atoms with Gasteiger partial charge in [0, 0.05) is 38.1 Å². The van der Waals surface area contributed by atoms with Crippen molar-refractivity contribution in [3.63, 3.8) is 0 Å². The van der Waals surface area contributed by atoms with Crippen LogP contribution < -0.4 is 10.2 Å². The molecule has 2 aromatic rings. The molecule has 2 unspecified atom stereocenters. The van der Waals surface area contributed by atoms with Gasteiger partial charge in [0.25, 0.3) is 11.8 Å². The Balaban J connectivity index is 1.19. The van der Waals surface area contributed by atoms with Crippen LogP contribution in [0.3, 0.4) is 0 Å². The molecule has 5 amide bonds. The van der Waals surface area contributed by atoms with E-state index in [0.717, 1.165) is 47.2 Å². The number of hydrazine groups is 1. The van der Waals surface area contributed by atoms with Crippen LogP contribution in [0.15, 0.2) is 36.4 Å². The zero-order valence-electron chi connectivity index (χ0n) is 19.2. The lowest BCUT2D eigenvalue weighted by molar-refractivity contribution is -0.122. The summed E-state index contributed by atoms with van der Waals surface area (Å²) >= 11 is 12.7. The smallest absolute Gasteiger partial charge is 0.343 e. The van der Waals surface area contributed by atoms with Crippen LogP contribution in [0.1, 0.15) is 45.5 Å². The molecule has 36 heavy (non-hydrogen) atoms. The van der Waals surface area contributed by atoms with E-state index in [0.29, 0.717) is 28.7 Å². The molecule has 4 heterocycles. The van der Waals surface area contributed by atoms with Crippen molar-refractivity contribution in [1.82, 2.24) is 20.2 Å².